The predicted molar refractivity (Wildman–Crippen MR) is 83.1 cm³/mol. The Balaban J connectivity index is 1.87. The summed E-state index contributed by atoms with van der Waals surface area (Å²) in [5.41, 5.74) is -0.388. The smallest absolute Gasteiger partial charge is 0.318 e. The molecule has 122 valence electrons. The van der Waals surface area contributed by atoms with Crippen molar-refractivity contribution >= 4 is 18.2 Å². The van der Waals surface area contributed by atoms with E-state index >= 15 is 0 Å². The minimum Gasteiger partial charge on any atom is -0.318 e. The number of halogens is 2. The Morgan fingerprint density at radius 1 is 1.08 bits per heavy atom. The molecule has 1 aliphatic rings. The quantitative estimate of drug-likeness (QED) is 0.695. The number of hydrazone groups is 1. The van der Waals surface area contributed by atoms with Crippen molar-refractivity contribution in [2.75, 3.05) is 0 Å². The van der Waals surface area contributed by atoms with Crippen LogP contribution in [0, 0.1) is 11.6 Å². The maximum absolute atomic E-state index is 13.2. The number of hydrogen-bond donors (Lipinski definition) is 1. The van der Waals surface area contributed by atoms with E-state index in [-0.39, 0.29) is 5.56 Å². The Bertz CT molecular complexity index is 839. The molecule has 0 radical (unpaired) electrons. The van der Waals surface area contributed by atoms with Crippen molar-refractivity contribution < 1.29 is 18.4 Å². The molecule has 7 heteroatoms. The molecule has 1 aliphatic heterocycles. The van der Waals surface area contributed by atoms with Crippen molar-refractivity contribution in [1.29, 1.82) is 0 Å². The molecule has 0 unspecified atom stereocenters. The number of benzene rings is 2. The van der Waals surface area contributed by atoms with Gasteiger partial charge in [0.2, 0.25) is 0 Å². The first-order valence-corrected chi connectivity index (χ1v) is 7.13. The van der Waals surface area contributed by atoms with Crippen LogP contribution in [0.3, 0.4) is 0 Å². The lowest BCUT2D eigenvalue weighted by atomic mass is 9.92. The molecule has 1 heterocycles. The molecule has 2 aromatic carbocycles. The van der Waals surface area contributed by atoms with Gasteiger partial charge in [-0.05, 0) is 30.2 Å². The van der Waals surface area contributed by atoms with Crippen LogP contribution < -0.4 is 5.32 Å². The van der Waals surface area contributed by atoms with Crippen LogP contribution >= 0.6 is 0 Å². The molecule has 0 bridgehead atoms. The van der Waals surface area contributed by atoms with Crippen molar-refractivity contribution in [3.8, 4) is 0 Å². The average molecular weight is 329 g/mol. The lowest BCUT2D eigenvalue weighted by Gasteiger charge is -2.20. The van der Waals surface area contributed by atoms with Gasteiger partial charge in [0, 0.05) is 0 Å². The molecular weight excluding hydrogens is 316 g/mol. The third-order valence-corrected chi connectivity index (χ3v) is 3.79. The van der Waals surface area contributed by atoms with Gasteiger partial charge < -0.3 is 5.32 Å². The molecule has 5 nitrogen and oxygen atoms in total. The maximum Gasteiger partial charge on any atom is 0.346 e. The van der Waals surface area contributed by atoms with E-state index in [1.54, 1.807) is 37.3 Å². The van der Waals surface area contributed by atoms with Crippen molar-refractivity contribution in [2.45, 2.75) is 12.5 Å². The molecule has 1 saturated heterocycles. The summed E-state index contributed by atoms with van der Waals surface area (Å²) in [5.74, 6) is -2.58. The summed E-state index contributed by atoms with van der Waals surface area (Å²) in [5, 5.41) is 7.07. The molecule has 1 fully saturated rings. The van der Waals surface area contributed by atoms with Gasteiger partial charge in [0.1, 0.15) is 5.54 Å². The molecule has 3 rings (SSSR count). The van der Waals surface area contributed by atoms with E-state index < -0.39 is 29.1 Å². The molecule has 1 atom stereocenters. The Hall–Kier alpha value is -3.09. The summed E-state index contributed by atoms with van der Waals surface area (Å²) in [4.78, 5) is 24.6. The predicted octanol–water partition coefficient (Wildman–Crippen LogP) is 2.77. The van der Waals surface area contributed by atoms with Gasteiger partial charge in [-0.3, -0.25) is 4.79 Å². The fraction of sp³-hybridized carbons (Fsp3) is 0.118. The van der Waals surface area contributed by atoms with Crippen molar-refractivity contribution in [2.24, 2.45) is 5.10 Å². The highest BCUT2D eigenvalue weighted by molar-refractivity contribution is 6.07. The van der Waals surface area contributed by atoms with Crippen molar-refractivity contribution in [1.82, 2.24) is 10.3 Å². The Morgan fingerprint density at radius 3 is 2.46 bits per heavy atom. The lowest BCUT2D eigenvalue weighted by Crippen LogP contribution is -2.40. The van der Waals surface area contributed by atoms with Gasteiger partial charge in [-0.2, -0.15) is 5.10 Å². The first-order chi connectivity index (χ1) is 11.4. The van der Waals surface area contributed by atoms with Crippen molar-refractivity contribution in [3.05, 3.63) is 71.3 Å². The van der Waals surface area contributed by atoms with Gasteiger partial charge in [0.25, 0.3) is 5.91 Å². The Morgan fingerprint density at radius 2 is 1.79 bits per heavy atom. The second kappa shape index (κ2) is 5.84. The van der Waals surface area contributed by atoms with E-state index in [4.69, 9.17) is 0 Å². The topological polar surface area (TPSA) is 61.8 Å². The maximum atomic E-state index is 13.2. The minimum absolute atomic E-state index is 0.225. The monoisotopic (exact) mass is 329 g/mol. The summed E-state index contributed by atoms with van der Waals surface area (Å²) < 4.78 is 26.1. The second-order valence-electron chi connectivity index (χ2n) is 5.46. The number of urea groups is 1. The van der Waals surface area contributed by atoms with Gasteiger partial charge in [-0.15, -0.1) is 5.01 Å². The van der Waals surface area contributed by atoms with Crippen LogP contribution in [-0.4, -0.2) is 23.2 Å². The van der Waals surface area contributed by atoms with E-state index in [1.165, 1.54) is 6.07 Å². The van der Waals surface area contributed by atoms with Crippen LogP contribution in [0.5, 0.6) is 0 Å². The highest BCUT2D eigenvalue weighted by Gasteiger charge is 2.49. The van der Waals surface area contributed by atoms with Gasteiger partial charge in [-0.25, -0.2) is 13.6 Å². The first-order valence-electron chi connectivity index (χ1n) is 7.13. The first kappa shape index (κ1) is 15.8. The molecule has 1 N–H and O–H groups in total. The van der Waals surface area contributed by atoms with Crippen LogP contribution in [0.15, 0.2) is 53.6 Å². The van der Waals surface area contributed by atoms with E-state index in [9.17, 15) is 18.4 Å². The molecular formula is C17H13F2N3O2. The summed E-state index contributed by atoms with van der Waals surface area (Å²) in [6.07, 6.45) is 1.12. The zero-order valence-electron chi connectivity index (χ0n) is 12.7. The lowest BCUT2D eigenvalue weighted by molar-refractivity contribution is -0.131. The number of nitrogens with one attached hydrogen (secondary N) is 1. The Labute approximate surface area is 136 Å². The third kappa shape index (κ3) is 2.64. The fourth-order valence-corrected chi connectivity index (χ4v) is 2.41. The number of amides is 3. The van der Waals surface area contributed by atoms with Gasteiger partial charge in [0.15, 0.2) is 11.6 Å². The highest BCUT2D eigenvalue weighted by Crippen LogP contribution is 2.28. The molecule has 0 aliphatic carbocycles. The van der Waals surface area contributed by atoms with Crippen LogP contribution in [-0.2, 0) is 10.3 Å². The highest BCUT2D eigenvalue weighted by atomic mass is 19.2. The summed E-state index contributed by atoms with van der Waals surface area (Å²) in [6.45, 7) is 1.58. The number of rotatable bonds is 3. The van der Waals surface area contributed by atoms with Gasteiger partial charge >= 0.3 is 6.03 Å². The zero-order valence-corrected chi connectivity index (χ0v) is 12.7. The minimum atomic E-state index is -1.23. The summed E-state index contributed by atoms with van der Waals surface area (Å²) in [6, 6.07) is 11.2. The van der Waals surface area contributed by atoms with E-state index in [1.807, 2.05) is 0 Å². The molecule has 0 spiro atoms. The summed E-state index contributed by atoms with van der Waals surface area (Å²) >= 11 is 0. The number of carbonyl (C=O) groups excluding carboxylic acids is 2. The van der Waals surface area contributed by atoms with Crippen LogP contribution in [0.2, 0.25) is 0 Å². The van der Waals surface area contributed by atoms with Gasteiger partial charge in [-0.1, -0.05) is 36.4 Å². The molecule has 0 aromatic heterocycles. The number of imide groups is 1. The second-order valence-corrected chi connectivity index (χ2v) is 5.46. The molecule has 2 aromatic rings. The third-order valence-electron chi connectivity index (χ3n) is 3.79. The fourth-order valence-electron chi connectivity index (χ4n) is 2.41. The van der Waals surface area contributed by atoms with E-state index in [0.717, 1.165) is 18.3 Å². The summed E-state index contributed by atoms with van der Waals surface area (Å²) in [7, 11) is 0. The van der Waals surface area contributed by atoms with E-state index in [2.05, 4.69) is 10.4 Å². The van der Waals surface area contributed by atoms with Crippen LogP contribution in [0.1, 0.15) is 18.1 Å². The van der Waals surface area contributed by atoms with E-state index in [0.29, 0.717) is 10.6 Å². The zero-order chi connectivity index (χ0) is 17.3. The average Bonchev–Trinajstić information content (AvgIpc) is 2.80. The molecule has 24 heavy (non-hydrogen) atoms. The standard InChI is InChI=1S/C17H13F2N3O2/c1-17(12-5-3-2-4-6-12)15(23)22(16(24)21-17)20-10-11-7-8-13(18)14(19)9-11/h2-10H,1H3,(H,21,24)/b20-10-/t17-/m1/s1. The van der Waals surface area contributed by atoms with Crippen molar-refractivity contribution in [3.63, 3.8) is 0 Å². The SMILES string of the molecule is C[C@]1(c2ccccc2)NC(=O)N(/N=C\c2ccc(F)c(F)c2)C1=O. The number of hydrogen-bond acceptors (Lipinski definition) is 3. The normalized spacial score (nSPS) is 20.7. The molecule has 3 amide bonds. The van der Waals surface area contributed by atoms with Crippen LogP contribution in [0.25, 0.3) is 0 Å². The number of nitrogens with zero attached hydrogens (tertiary/aromatic N) is 2. The van der Waals surface area contributed by atoms with Crippen LogP contribution in [0.4, 0.5) is 13.6 Å². The molecule has 0 saturated carbocycles. The number of carbonyl (C=O) groups is 2. The largest absolute Gasteiger partial charge is 0.346 e. The van der Waals surface area contributed by atoms with Gasteiger partial charge in [0.05, 0.1) is 6.21 Å². The Kier molecular flexibility index (Phi) is 3.84.